The molecule has 7 N–H and O–H groups in total. The van der Waals surface area contributed by atoms with Gasteiger partial charge in [-0.1, -0.05) is 0 Å². The number of carbonyl (C=O) groups is 2. The molecule has 6 heteroatoms. The van der Waals surface area contributed by atoms with Crippen LogP contribution in [-0.2, 0) is 9.59 Å². The number of nitrogens with two attached hydrogens (primary N) is 3. The molecule has 0 saturated carbocycles. The summed E-state index contributed by atoms with van der Waals surface area (Å²) < 4.78 is 0. The van der Waals surface area contributed by atoms with Gasteiger partial charge in [-0.3, -0.25) is 9.59 Å². The fourth-order valence-corrected chi connectivity index (χ4v) is 0.553. The molecule has 0 fully saturated rings. The Balaban J connectivity index is 4.02. The minimum atomic E-state index is -0.882. The number of hydrogen-bond acceptors (Lipinski definition) is 4. The van der Waals surface area contributed by atoms with E-state index in [2.05, 4.69) is 5.32 Å². The van der Waals surface area contributed by atoms with Gasteiger partial charge in [-0.25, -0.2) is 0 Å². The van der Waals surface area contributed by atoms with Crippen LogP contribution in [-0.4, -0.2) is 29.9 Å². The van der Waals surface area contributed by atoms with Gasteiger partial charge in [0.2, 0.25) is 11.8 Å². The van der Waals surface area contributed by atoms with Crippen LogP contribution in [0, 0.1) is 0 Å². The molecule has 0 radical (unpaired) electrons. The molecule has 0 aliphatic heterocycles. The van der Waals surface area contributed by atoms with E-state index in [-0.39, 0.29) is 6.54 Å². The number of carbonyl (C=O) groups excluding carboxylic acids is 2. The topological polar surface area (TPSA) is 124 Å². The maximum atomic E-state index is 10.8. The van der Waals surface area contributed by atoms with Gasteiger partial charge < -0.3 is 22.5 Å². The van der Waals surface area contributed by atoms with Crippen LogP contribution in [0.4, 0.5) is 0 Å². The van der Waals surface area contributed by atoms with Crippen molar-refractivity contribution in [2.75, 3.05) is 6.54 Å². The lowest BCUT2D eigenvalue weighted by Gasteiger charge is -2.23. The lowest BCUT2D eigenvalue weighted by atomic mass is 10.0. The Morgan fingerprint density at radius 1 is 1.38 bits per heavy atom. The van der Waals surface area contributed by atoms with E-state index in [4.69, 9.17) is 17.2 Å². The molecule has 1 atom stereocenters. The molecule has 13 heavy (non-hydrogen) atoms. The lowest BCUT2D eigenvalue weighted by molar-refractivity contribution is -0.124. The third kappa shape index (κ3) is 3.86. The summed E-state index contributed by atoms with van der Waals surface area (Å²) in [6, 6.07) is -0.807. The zero-order valence-electron chi connectivity index (χ0n) is 7.83. The van der Waals surface area contributed by atoms with Crippen molar-refractivity contribution in [3.63, 3.8) is 0 Å². The van der Waals surface area contributed by atoms with Crippen LogP contribution in [0.1, 0.15) is 13.8 Å². The van der Waals surface area contributed by atoms with Crippen LogP contribution in [0.2, 0.25) is 0 Å². The van der Waals surface area contributed by atoms with Crippen LogP contribution < -0.4 is 22.5 Å². The summed E-state index contributed by atoms with van der Waals surface area (Å²) >= 11 is 0. The first kappa shape index (κ1) is 11.9. The van der Waals surface area contributed by atoms with E-state index >= 15 is 0 Å². The summed E-state index contributed by atoms with van der Waals surface area (Å²) in [6.07, 6.45) is 0. The Morgan fingerprint density at radius 3 is 2.15 bits per heavy atom. The van der Waals surface area contributed by atoms with Gasteiger partial charge in [-0.05, 0) is 13.8 Å². The molecule has 76 valence electrons. The minimum absolute atomic E-state index is 0.130. The van der Waals surface area contributed by atoms with E-state index in [1.807, 2.05) is 0 Å². The van der Waals surface area contributed by atoms with Crippen molar-refractivity contribution in [2.45, 2.75) is 25.4 Å². The van der Waals surface area contributed by atoms with Gasteiger partial charge in [0, 0.05) is 6.54 Å². The third-order valence-electron chi connectivity index (χ3n) is 1.75. The molecule has 0 aromatic carbocycles. The first-order chi connectivity index (χ1) is 5.77. The number of primary amides is 2. The van der Waals surface area contributed by atoms with Crippen molar-refractivity contribution in [1.82, 2.24) is 5.32 Å². The van der Waals surface area contributed by atoms with Crippen molar-refractivity contribution in [3.8, 4) is 0 Å². The Bertz CT molecular complexity index is 215. The molecular weight excluding hydrogens is 172 g/mol. The van der Waals surface area contributed by atoms with E-state index in [9.17, 15) is 9.59 Å². The molecule has 0 spiro atoms. The summed E-state index contributed by atoms with van der Waals surface area (Å²) in [4.78, 5) is 21.3. The highest BCUT2D eigenvalue weighted by molar-refractivity contribution is 5.84. The largest absolute Gasteiger partial charge is 0.368 e. The molecule has 1 unspecified atom stereocenters. The molecule has 0 aliphatic rings. The fourth-order valence-electron chi connectivity index (χ4n) is 0.553. The van der Waals surface area contributed by atoms with E-state index < -0.39 is 23.4 Å². The van der Waals surface area contributed by atoms with Gasteiger partial charge >= 0.3 is 0 Å². The number of nitrogens with one attached hydrogen (secondary N) is 1. The fraction of sp³-hybridized carbons (Fsp3) is 0.714. The molecule has 6 nitrogen and oxygen atoms in total. The van der Waals surface area contributed by atoms with Crippen LogP contribution in [0.15, 0.2) is 0 Å². The summed E-state index contributed by atoms with van der Waals surface area (Å²) in [7, 11) is 0. The van der Waals surface area contributed by atoms with Crippen molar-refractivity contribution in [3.05, 3.63) is 0 Å². The summed E-state index contributed by atoms with van der Waals surface area (Å²) in [5.74, 6) is -1.13. The zero-order chi connectivity index (χ0) is 10.6. The maximum absolute atomic E-state index is 10.8. The van der Waals surface area contributed by atoms with Gasteiger partial charge in [-0.15, -0.1) is 0 Å². The smallest absolute Gasteiger partial charge is 0.237 e. The quantitative estimate of drug-likeness (QED) is 0.385. The Hall–Kier alpha value is -1.14. The highest BCUT2D eigenvalue weighted by atomic mass is 16.2. The van der Waals surface area contributed by atoms with Crippen LogP contribution in [0.25, 0.3) is 0 Å². The van der Waals surface area contributed by atoms with E-state index in [1.165, 1.54) is 0 Å². The van der Waals surface area contributed by atoms with Crippen molar-refractivity contribution >= 4 is 11.8 Å². The second-order valence-electron chi connectivity index (χ2n) is 3.38. The van der Waals surface area contributed by atoms with Gasteiger partial charge in [0.15, 0.2) is 0 Å². The average molecular weight is 188 g/mol. The Labute approximate surface area is 76.8 Å². The van der Waals surface area contributed by atoms with Crippen LogP contribution in [0.5, 0.6) is 0 Å². The first-order valence-corrected chi connectivity index (χ1v) is 3.87. The minimum Gasteiger partial charge on any atom is -0.368 e. The molecule has 0 saturated heterocycles. The third-order valence-corrected chi connectivity index (χ3v) is 1.75. The van der Waals surface area contributed by atoms with Crippen LogP contribution in [0.3, 0.4) is 0 Å². The molecule has 0 heterocycles. The second kappa shape index (κ2) is 4.20. The molecule has 0 bridgehead atoms. The Morgan fingerprint density at radius 2 is 1.85 bits per heavy atom. The van der Waals surface area contributed by atoms with E-state index in [0.29, 0.717) is 0 Å². The van der Waals surface area contributed by atoms with Crippen molar-refractivity contribution < 1.29 is 9.59 Å². The molecule has 0 aliphatic carbocycles. The van der Waals surface area contributed by atoms with Crippen molar-refractivity contribution in [2.24, 2.45) is 17.2 Å². The van der Waals surface area contributed by atoms with E-state index in [0.717, 1.165) is 0 Å². The summed E-state index contributed by atoms with van der Waals surface area (Å²) in [6.45, 7) is 3.33. The Kier molecular flexibility index (Phi) is 3.83. The van der Waals surface area contributed by atoms with Gasteiger partial charge in [-0.2, -0.15) is 0 Å². The first-order valence-electron chi connectivity index (χ1n) is 3.87. The molecule has 0 rings (SSSR count). The summed E-state index contributed by atoms with van der Waals surface area (Å²) in [5.41, 5.74) is 14.4. The van der Waals surface area contributed by atoms with Gasteiger partial charge in [0.25, 0.3) is 0 Å². The number of rotatable bonds is 5. The maximum Gasteiger partial charge on any atom is 0.237 e. The molecule has 2 amide bonds. The SMILES string of the molecule is CC(C)(NCC(N)C(N)=O)C(N)=O. The lowest BCUT2D eigenvalue weighted by Crippen LogP contribution is -2.55. The molecule has 0 aromatic heterocycles. The number of hydrogen-bond donors (Lipinski definition) is 4. The second-order valence-corrected chi connectivity index (χ2v) is 3.38. The monoisotopic (exact) mass is 188 g/mol. The normalized spacial score (nSPS) is 13.8. The predicted octanol–water partition coefficient (Wildman–Crippen LogP) is -2.35. The zero-order valence-corrected chi connectivity index (χ0v) is 7.83. The number of amides is 2. The van der Waals surface area contributed by atoms with Crippen molar-refractivity contribution in [1.29, 1.82) is 0 Å². The predicted molar refractivity (Wildman–Crippen MR) is 48.4 cm³/mol. The van der Waals surface area contributed by atoms with Gasteiger partial charge in [0.05, 0.1) is 11.6 Å². The van der Waals surface area contributed by atoms with Crippen LogP contribution >= 0.6 is 0 Å². The standard InChI is InChI=1S/C7H16N4O2/c1-7(2,6(10)13)11-3-4(8)5(9)12/h4,11H,3,8H2,1-2H3,(H2,9,12)(H2,10,13). The molecule has 0 aromatic rings. The van der Waals surface area contributed by atoms with Gasteiger partial charge in [0.1, 0.15) is 0 Å². The van der Waals surface area contributed by atoms with E-state index in [1.54, 1.807) is 13.8 Å². The highest BCUT2D eigenvalue weighted by Crippen LogP contribution is 1.99. The average Bonchev–Trinajstić information content (AvgIpc) is 1.99. The highest BCUT2D eigenvalue weighted by Gasteiger charge is 2.25. The summed E-state index contributed by atoms with van der Waals surface area (Å²) in [5, 5.41) is 2.74. The molecular formula is C7H16N4O2.